The monoisotopic (exact) mass is 259 g/mol. The molecule has 0 heterocycles. The maximum absolute atomic E-state index is 10.9. The first-order valence-corrected chi connectivity index (χ1v) is 7.63. The van der Waals surface area contributed by atoms with Crippen molar-refractivity contribution in [2.24, 2.45) is 0 Å². The first kappa shape index (κ1) is 14.1. The molecule has 0 fully saturated rings. The summed E-state index contributed by atoms with van der Waals surface area (Å²) in [5.41, 5.74) is 5.48. The van der Waals surface area contributed by atoms with E-state index in [1.807, 2.05) is 0 Å². The number of aldehydes is 1. The number of benzene rings is 1. The largest absolute Gasteiger partial charge is 0.372 e. The number of unbranched alkanes of at least 4 members (excludes halogenated alkanes) is 1. The molecule has 0 atom stereocenters. The number of aryl methyl sites for hydroxylation is 2. The molecule has 0 saturated carbocycles. The number of carbonyl (C=O) groups is 1. The van der Waals surface area contributed by atoms with E-state index in [4.69, 9.17) is 0 Å². The highest BCUT2D eigenvalue weighted by Crippen LogP contribution is 2.31. The zero-order valence-electron chi connectivity index (χ0n) is 12.2. The average Bonchev–Trinajstić information content (AvgIpc) is 2.87. The molecule has 2 nitrogen and oxygen atoms in total. The number of hydrogen-bond donors (Lipinski definition) is 0. The molecule has 1 aromatic rings. The summed E-state index contributed by atoms with van der Waals surface area (Å²) in [5.74, 6) is 0. The maximum atomic E-state index is 10.9. The molecule has 19 heavy (non-hydrogen) atoms. The van der Waals surface area contributed by atoms with Gasteiger partial charge in [0.25, 0.3) is 0 Å². The van der Waals surface area contributed by atoms with Crippen LogP contribution in [0.5, 0.6) is 0 Å². The van der Waals surface area contributed by atoms with Gasteiger partial charge in [0.05, 0.1) is 0 Å². The van der Waals surface area contributed by atoms with Crippen molar-refractivity contribution in [1.29, 1.82) is 0 Å². The van der Waals surface area contributed by atoms with Gasteiger partial charge in [-0.3, -0.25) is 0 Å². The molecule has 1 aliphatic rings. The van der Waals surface area contributed by atoms with Crippen LogP contribution < -0.4 is 4.90 Å². The van der Waals surface area contributed by atoms with Crippen LogP contribution in [0.25, 0.3) is 0 Å². The van der Waals surface area contributed by atoms with Crippen LogP contribution in [0.4, 0.5) is 5.69 Å². The highest BCUT2D eigenvalue weighted by molar-refractivity contribution is 5.66. The number of carbonyl (C=O) groups excluding carboxylic acids is 1. The number of nitrogens with zero attached hydrogens (tertiary/aromatic N) is 1. The molecule has 0 amide bonds. The number of rotatable bonds is 7. The maximum Gasteiger partial charge on any atom is 0.124 e. The molecule has 104 valence electrons. The van der Waals surface area contributed by atoms with Crippen LogP contribution in [0.2, 0.25) is 0 Å². The molecule has 0 radical (unpaired) electrons. The first-order chi connectivity index (χ1) is 9.30. The van der Waals surface area contributed by atoms with Gasteiger partial charge < -0.3 is 9.69 Å². The molecule has 0 aliphatic heterocycles. The lowest BCUT2D eigenvalue weighted by molar-refractivity contribution is -0.107. The topological polar surface area (TPSA) is 20.3 Å². The van der Waals surface area contributed by atoms with E-state index in [-0.39, 0.29) is 0 Å². The van der Waals surface area contributed by atoms with E-state index in [1.165, 1.54) is 54.5 Å². The Morgan fingerprint density at radius 3 is 2.58 bits per heavy atom. The number of anilines is 1. The van der Waals surface area contributed by atoms with E-state index >= 15 is 0 Å². The van der Waals surface area contributed by atoms with E-state index in [0.717, 1.165) is 19.4 Å². The van der Waals surface area contributed by atoms with Gasteiger partial charge in [-0.15, -0.1) is 0 Å². The molecule has 0 bridgehead atoms. The van der Waals surface area contributed by atoms with Crippen molar-refractivity contribution in [2.45, 2.75) is 52.4 Å². The van der Waals surface area contributed by atoms with Gasteiger partial charge in [-0.1, -0.05) is 19.4 Å². The second kappa shape index (κ2) is 6.74. The van der Waals surface area contributed by atoms with Crippen molar-refractivity contribution in [2.75, 3.05) is 18.0 Å². The molecule has 1 aliphatic carbocycles. The van der Waals surface area contributed by atoms with Crippen molar-refractivity contribution < 1.29 is 4.79 Å². The lowest BCUT2D eigenvalue weighted by Crippen LogP contribution is -2.25. The molecule has 2 heteroatoms. The lowest BCUT2D eigenvalue weighted by atomic mass is 10.0. The van der Waals surface area contributed by atoms with Crippen LogP contribution in [0.15, 0.2) is 12.1 Å². The van der Waals surface area contributed by atoms with Gasteiger partial charge in [-0.2, -0.15) is 0 Å². The Hall–Kier alpha value is -1.31. The standard InChI is InChI=1S/C17H25NO/c1-3-5-10-18(4-2)17-13-15-8-6-7-14(15)12-16(17)9-11-19/h11-13H,3-10H2,1-2H3. The van der Waals surface area contributed by atoms with Crippen molar-refractivity contribution in [1.82, 2.24) is 0 Å². The zero-order chi connectivity index (χ0) is 13.7. The Morgan fingerprint density at radius 2 is 1.95 bits per heavy atom. The summed E-state index contributed by atoms with van der Waals surface area (Å²) in [6.07, 6.45) is 7.66. The SMILES string of the molecule is CCCCN(CC)c1cc2c(cc1CC=O)CCC2. The molecule has 0 saturated heterocycles. The molecule has 0 unspecified atom stereocenters. The van der Waals surface area contributed by atoms with E-state index in [9.17, 15) is 4.79 Å². The quantitative estimate of drug-likeness (QED) is 0.698. The highest BCUT2D eigenvalue weighted by atomic mass is 16.1. The Kier molecular flexibility index (Phi) is 5.00. The summed E-state index contributed by atoms with van der Waals surface area (Å²) >= 11 is 0. The van der Waals surface area contributed by atoms with Crippen LogP contribution in [0.3, 0.4) is 0 Å². The van der Waals surface area contributed by atoms with E-state index in [2.05, 4.69) is 30.9 Å². The molecule has 0 spiro atoms. The van der Waals surface area contributed by atoms with E-state index < -0.39 is 0 Å². The van der Waals surface area contributed by atoms with E-state index in [1.54, 1.807) is 0 Å². The summed E-state index contributed by atoms with van der Waals surface area (Å²) in [7, 11) is 0. The minimum Gasteiger partial charge on any atom is -0.372 e. The first-order valence-electron chi connectivity index (χ1n) is 7.63. The van der Waals surface area contributed by atoms with Crippen molar-refractivity contribution >= 4 is 12.0 Å². The van der Waals surface area contributed by atoms with Crippen LogP contribution in [0, 0.1) is 0 Å². The Labute approximate surface area is 116 Å². The lowest BCUT2D eigenvalue weighted by Gasteiger charge is -2.26. The van der Waals surface area contributed by atoms with Gasteiger partial charge >= 0.3 is 0 Å². The van der Waals surface area contributed by atoms with Gasteiger partial charge in [-0.25, -0.2) is 0 Å². The van der Waals surface area contributed by atoms with Crippen molar-refractivity contribution in [3.8, 4) is 0 Å². The van der Waals surface area contributed by atoms with Gasteiger partial charge in [-0.05, 0) is 55.4 Å². The van der Waals surface area contributed by atoms with Crippen molar-refractivity contribution in [3.05, 3.63) is 28.8 Å². The number of hydrogen-bond acceptors (Lipinski definition) is 2. The van der Waals surface area contributed by atoms with Gasteiger partial charge in [0, 0.05) is 25.2 Å². The molecular formula is C17H25NO. The molecule has 0 N–H and O–H groups in total. The van der Waals surface area contributed by atoms with Crippen LogP contribution in [0.1, 0.15) is 49.8 Å². The fourth-order valence-corrected chi connectivity index (χ4v) is 3.01. The molecule has 1 aromatic carbocycles. The fourth-order valence-electron chi connectivity index (χ4n) is 3.01. The predicted molar refractivity (Wildman–Crippen MR) is 81.0 cm³/mol. The van der Waals surface area contributed by atoms with Gasteiger partial charge in [0.15, 0.2) is 0 Å². The van der Waals surface area contributed by atoms with Crippen LogP contribution >= 0.6 is 0 Å². The van der Waals surface area contributed by atoms with Crippen LogP contribution in [-0.2, 0) is 24.1 Å². The number of fused-ring (bicyclic) bond motifs is 1. The summed E-state index contributed by atoms with van der Waals surface area (Å²) in [6.45, 7) is 6.54. The fraction of sp³-hybridized carbons (Fsp3) is 0.588. The average molecular weight is 259 g/mol. The third-order valence-electron chi connectivity index (χ3n) is 4.10. The highest BCUT2D eigenvalue weighted by Gasteiger charge is 2.17. The second-order valence-electron chi connectivity index (χ2n) is 5.41. The summed E-state index contributed by atoms with van der Waals surface area (Å²) in [5, 5.41) is 0. The predicted octanol–water partition coefficient (Wildman–Crippen LogP) is 3.54. The van der Waals surface area contributed by atoms with E-state index in [0.29, 0.717) is 6.42 Å². The van der Waals surface area contributed by atoms with Crippen molar-refractivity contribution in [3.63, 3.8) is 0 Å². The van der Waals surface area contributed by atoms with Gasteiger partial charge in [0.2, 0.25) is 0 Å². The summed E-state index contributed by atoms with van der Waals surface area (Å²) in [6, 6.07) is 4.63. The minimum atomic E-state index is 0.547. The normalized spacial score (nSPS) is 13.4. The Bertz CT molecular complexity index is 439. The molecular weight excluding hydrogens is 234 g/mol. The summed E-state index contributed by atoms with van der Waals surface area (Å²) < 4.78 is 0. The Morgan fingerprint density at radius 1 is 1.21 bits per heavy atom. The third kappa shape index (κ3) is 3.17. The zero-order valence-corrected chi connectivity index (χ0v) is 12.2. The minimum absolute atomic E-state index is 0.547. The smallest absolute Gasteiger partial charge is 0.124 e. The third-order valence-corrected chi connectivity index (χ3v) is 4.10. The molecule has 2 rings (SSSR count). The summed E-state index contributed by atoms with van der Waals surface area (Å²) in [4.78, 5) is 13.4. The Balaban J connectivity index is 2.32. The second-order valence-corrected chi connectivity index (χ2v) is 5.41. The molecule has 0 aromatic heterocycles. The van der Waals surface area contributed by atoms with Crippen LogP contribution in [-0.4, -0.2) is 19.4 Å². The van der Waals surface area contributed by atoms with Gasteiger partial charge in [0.1, 0.15) is 6.29 Å².